The third kappa shape index (κ3) is 5.87. The topological polar surface area (TPSA) is 55.8 Å². The highest BCUT2D eigenvalue weighted by Crippen LogP contribution is 2.16. The van der Waals surface area contributed by atoms with E-state index < -0.39 is 6.10 Å². The van der Waals surface area contributed by atoms with Crippen molar-refractivity contribution in [1.29, 1.82) is 0 Å². The number of hydrogen-bond donors (Lipinski definition) is 2. The van der Waals surface area contributed by atoms with E-state index in [1.54, 1.807) is 4.90 Å². The van der Waals surface area contributed by atoms with Crippen LogP contribution < -0.4 is 5.32 Å². The molecular formula is C20H31N3O2. The van der Waals surface area contributed by atoms with Crippen molar-refractivity contribution < 1.29 is 9.90 Å². The minimum atomic E-state index is -0.666. The molecule has 0 bridgehead atoms. The van der Waals surface area contributed by atoms with Gasteiger partial charge in [-0.1, -0.05) is 35.9 Å². The first-order valence-electron chi connectivity index (χ1n) is 9.16. The number of aliphatic hydroxyl groups is 1. The summed E-state index contributed by atoms with van der Waals surface area (Å²) in [7, 11) is 0. The minimum Gasteiger partial charge on any atom is -0.387 e. The van der Waals surface area contributed by atoms with Gasteiger partial charge in [-0.3, -0.25) is 4.90 Å². The Hall–Kier alpha value is -1.85. The lowest BCUT2D eigenvalue weighted by molar-refractivity contribution is 0.119. The van der Waals surface area contributed by atoms with Crippen molar-refractivity contribution in [3.05, 3.63) is 48.0 Å². The van der Waals surface area contributed by atoms with Crippen LogP contribution in [0.5, 0.6) is 0 Å². The van der Waals surface area contributed by atoms with Gasteiger partial charge in [0.05, 0.1) is 12.6 Å². The van der Waals surface area contributed by atoms with Gasteiger partial charge in [-0.25, -0.2) is 4.79 Å². The van der Waals surface area contributed by atoms with Crippen LogP contribution in [0.15, 0.2) is 36.9 Å². The zero-order chi connectivity index (χ0) is 18.2. The van der Waals surface area contributed by atoms with E-state index in [0.29, 0.717) is 13.1 Å². The molecule has 25 heavy (non-hydrogen) atoms. The molecule has 1 aliphatic heterocycles. The Balaban J connectivity index is 1.84. The van der Waals surface area contributed by atoms with Crippen LogP contribution in [0.4, 0.5) is 4.79 Å². The maximum atomic E-state index is 12.5. The normalized spacial score (nSPS) is 17.1. The fourth-order valence-electron chi connectivity index (χ4n) is 3.17. The van der Waals surface area contributed by atoms with Crippen molar-refractivity contribution in [1.82, 2.24) is 15.1 Å². The Morgan fingerprint density at radius 2 is 2.04 bits per heavy atom. The van der Waals surface area contributed by atoms with Crippen molar-refractivity contribution in [3.63, 3.8) is 0 Å². The zero-order valence-corrected chi connectivity index (χ0v) is 15.4. The highest BCUT2D eigenvalue weighted by Gasteiger charge is 2.23. The van der Waals surface area contributed by atoms with Gasteiger partial charge in [-0.2, -0.15) is 0 Å². The molecule has 1 heterocycles. The Labute approximate surface area is 151 Å². The summed E-state index contributed by atoms with van der Waals surface area (Å²) in [6.45, 7) is 11.5. The highest BCUT2D eigenvalue weighted by atomic mass is 16.3. The van der Waals surface area contributed by atoms with Gasteiger partial charge < -0.3 is 15.3 Å². The Morgan fingerprint density at radius 3 is 2.60 bits per heavy atom. The summed E-state index contributed by atoms with van der Waals surface area (Å²) in [5, 5.41) is 13.5. The number of likely N-dealkylation sites (N-methyl/N-ethyl adjacent to an activating group) is 1. The molecule has 2 amide bonds. The lowest BCUT2D eigenvalue weighted by atomic mass is 10.1. The smallest absolute Gasteiger partial charge is 0.317 e. The number of piperidine rings is 1. The number of nitrogens with zero attached hydrogens (tertiary/aromatic N) is 2. The van der Waals surface area contributed by atoms with E-state index in [2.05, 4.69) is 16.8 Å². The number of benzene rings is 1. The maximum absolute atomic E-state index is 12.5. The number of amides is 2. The first-order valence-corrected chi connectivity index (χ1v) is 9.16. The van der Waals surface area contributed by atoms with Gasteiger partial charge in [0, 0.05) is 32.2 Å². The number of hydrogen-bond acceptors (Lipinski definition) is 3. The molecule has 1 aromatic carbocycles. The Morgan fingerprint density at radius 1 is 1.40 bits per heavy atom. The summed E-state index contributed by atoms with van der Waals surface area (Å²) in [5.41, 5.74) is 2.00. The molecular weight excluding hydrogens is 314 g/mol. The molecule has 0 spiro atoms. The Bertz CT molecular complexity index is 551. The summed E-state index contributed by atoms with van der Waals surface area (Å²) < 4.78 is 0. The van der Waals surface area contributed by atoms with Crippen LogP contribution in [-0.4, -0.2) is 59.7 Å². The molecule has 1 aliphatic rings. The molecule has 2 rings (SSSR count). The average molecular weight is 345 g/mol. The maximum Gasteiger partial charge on any atom is 0.317 e. The van der Waals surface area contributed by atoms with Crippen molar-refractivity contribution in [2.45, 2.75) is 38.8 Å². The van der Waals surface area contributed by atoms with Gasteiger partial charge in [0.15, 0.2) is 0 Å². The molecule has 1 fully saturated rings. The molecule has 0 aliphatic carbocycles. The lowest BCUT2D eigenvalue weighted by Gasteiger charge is -2.33. The van der Waals surface area contributed by atoms with Gasteiger partial charge >= 0.3 is 6.03 Å². The zero-order valence-electron chi connectivity index (χ0n) is 15.4. The third-order valence-electron chi connectivity index (χ3n) is 4.83. The number of likely N-dealkylation sites (tertiary alicyclic amines) is 1. The van der Waals surface area contributed by atoms with Crippen LogP contribution in [0.3, 0.4) is 0 Å². The fourth-order valence-corrected chi connectivity index (χ4v) is 3.17. The number of aliphatic hydroxyl groups excluding tert-OH is 1. The minimum absolute atomic E-state index is 0.0872. The number of nitrogens with one attached hydrogen (secondary N) is 1. The first-order chi connectivity index (χ1) is 12.0. The summed E-state index contributed by atoms with van der Waals surface area (Å²) in [6, 6.07) is 7.91. The molecule has 1 unspecified atom stereocenters. The number of aryl methyl sites for hydroxylation is 1. The van der Waals surface area contributed by atoms with Crippen molar-refractivity contribution >= 4 is 6.03 Å². The molecule has 0 saturated carbocycles. The van der Waals surface area contributed by atoms with Gasteiger partial charge in [-0.05, 0) is 32.3 Å². The quantitative estimate of drug-likeness (QED) is 0.747. The van der Waals surface area contributed by atoms with Crippen LogP contribution in [0.25, 0.3) is 0 Å². The largest absolute Gasteiger partial charge is 0.387 e. The summed E-state index contributed by atoms with van der Waals surface area (Å²) >= 11 is 0. The molecule has 138 valence electrons. The van der Waals surface area contributed by atoms with Crippen molar-refractivity contribution in [3.8, 4) is 0 Å². The molecule has 1 aromatic rings. The van der Waals surface area contributed by atoms with Crippen LogP contribution in [0.2, 0.25) is 0 Å². The van der Waals surface area contributed by atoms with E-state index in [1.165, 1.54) is 0 Å². The fraction of sp³-hybridized carbons (Fsp3) is 0.550. The van der Waals surface area contributed by atoms with Gasteiger partial charge in [-0.15, -0.1) is 6.58 Å². The monoisotopic (exact) mass is 345 g/mol. The third-order valence-corrected chi connectivity index (χ3v) is 4.83. The molecule has 0 aromatic heterocycles. The second-order valence-corrected chi connectivity index (χ2v) is 6.78. The number of rotatable bonds is 7. The van der Waals surface area contributed by atoms with E-state index in [1.807, 2.05) is 44.2 Å². The Kier molecular flexibility index (Phi) is 7.47. The first kappa shape index (κ1) is 19.5. The van der Waals surface area contributed by atoms with E-state index in [-0.39, 0.29) is 12.1 Å². The SMILES string of the molecule is C=CCN1CCC(NC(=O)N(CC)CC(O)c2ccc(C)cc2)CC1. The summed E-state index contributed by atoms with van der Waals surface area (Å²) in [6.07, 6.45) is 3.17. The summed E-state index contributed by atoms with van der Waals surface area (Å²) in [4.78, 5) is 16.6. The lowest BCUT2D eigenvalue weighted by Crippen LogP contribution is -2.50. The van der Waals surface area contributed by atoms with Gasteiger partial charge in [0.25, 0.3) is 0 Å². The van der Waals surface area contributed by atoms with Crippen LogP contribution in [0.1, 0.15) is 37.0 Å². The van der Waals surface area contributed by atoms with Gasteiger partial charge in [0.1, 0.15) is 0 Å². The molecule has 1 atom stereocenters. The van der Waals surface area contributed by atoms with E-state index in [9.17, 15) is 9.90 Å². The second-order valence-electron chi connectivity index (χ2n) is 6.78. The molecule has 5 nitrogen and oxygen atoms in total. The number of urea groups is 1. The van der Waals surface area contributed by atoms with E-state index in [0.717, 1.165) is 43.6 Å². The van der Waals surface area contributed by atoms with E-state index >= 15 is 0 Å². The van der Waals surface area contributed by atoms with Crippen molar-refractivity contribution in [2.24, 2.45) is 0 Å². The molecule has 5 heteroatoms. The second kappa shape index (κ2) is 9.59. The van der Waals surface area contributed by atoms with Gasteiger partial charge in [0.2, 0.25) is 0 Å². The molecule has 2 N–H and O–H groups in total. The average Bonchev–Trinajstić information content (AvgIpc) is 2.62. The number of carbonyl (C=O) groups excluding carboxylic acids is 1. The van der Waals surface area contributed by atoms with Crippen LogP contribution in [0, 0.1) is 6.92 Å². The summed E-state index contributed by atoms with van der Waals surface area (Å²) in [5.74, 6) is 0. The highest BCUT2D eigenvalue weighted by molar-refractivity contribution is 5.74. The molecule has 1 saturated heterocycles. The van der Waals surface area contributed by atoms with E-state index in [4.69, 9.17) is 0 Å². The van der Waals surface area contributed by atoms with Crippen molar-refractivity contribution in [2.75, 3.05) is 32.7 Å². The standard InChI is InChI=1S/C20H31N3O2/c1-4-12-22-13-10-18(11-14-22)21-20(25)23(5-2)15-19(24)17-8-6-16(3)7-9-17/h4,6-9,18-19,24H,1,5,10-15H2,2-3H3,(H,21,25). The number of carbonyl (C=O) groups is 1. The van der Waals surface area contributed by atoms with Crippen LogP contribution in [-0.2, 0) is 0 Å². The molecule has 0 radical (unpaired) electrons. The predicted molar refractivity (Wildman–Crippen MR) is 102 cm³/mol. The van der Waals surface area contributed by atoms with Crippen LogP contribution >= 0.6 is 0 Å². The predicted octanol–water partition coefficient (Wildman–Crippen LogP) is 2.71.